The number of hydrogen-bond donors (Lipinski definition) is 0. The third-order valence-electron chi connectivity index (χ3n) is 3.86. The number of halogens is 1. The standard InChI is InChI=1S/C16H18FN3O3/c1-10-6-19(7-11(2)23-10)15(21)8-20-9-18-14-4-3-12(17)5-13(14)16(20)22/h3-5,9-11H,6-8H2,1-2H3/t10-,11-/m1/s1. The zero-order valence-electron chi connectivity index (χ0n) is 13.0. The molecule has 0 aliphatic carbocycles. The van der Waals surface area contributed by atoms with Crippen molar-refractivity contribution in [3.8, 4) is 0 Å². The molecule has 2 heterocycles. The van der Waals surface area contributed by atoms with Crippen LogP contribution in [-0.2, 0) is 16.1 Å². The van der Waals surface area contributed by atoms with Crippen LogP contribution in [0.25, 0.3) is 10.9 Å². The molecule has 1 aliphatic heterocycles. The van der Waals surface area contributed by atoms with Gasteiger partial charge in [0.1, 0.15) is 12.4 Å². The minimum atomic E-state index is -0.503. The number of benzene rings is 1. The number of aromatic nitrogens is 2. The van der Waals surface area contributed by atoms with Gasteiger partial charge < -0.3 is 9.64 Å². The SMILES string of the molecule is C[C@@H]1CN(C(=O)Cn2cnc3ccc(F)cc3c2=O)C[C@@H](C)O1. The summed E-state index contributed by atoms with van der Waals surface area (Å²) in [6.45, 7) is 4.68. The first-order valence-corrected chi connectivity index (χ1v) is 7.52. The van der Waals surface area contributed by atoms with Crippen molar-refractivity contribution in [2.75, 3.05) is 13.1 Å². The number of carbonyl (C=O) groups excluding carboxylic acids is 1. The van der Waals surface area contributed by atoms with Gasteiger partial charge in [-0.05, 0) is 32.0 Å². The molecule has 0 saturated carbocycles. The molecule has 1 amide bonds. The molecule has 0 radical (unpaired) electrons. The zero-order chi connectivity index (χ0) is 16.6. The summed E-state index contributed by atoms with van der Waals surface area (Å²) >= 11 is 0. The Hall–Kier alpha value is -2.28. The predicted octanol–water partition coefficient (Wildman–Crippen LogP) is 1.17. The highest BCUT2D eigenvalue weighted by Crippen LogP contribution is 2.12. The summed E-state index contributed by atoms with van der Waals surface area (Å²) in [6, 6.07) is 3.84. The van der Waals surface area contributed by atoms with Crippen LogP contribution >= 0.6 is 0 Å². The third kappa shape index (κ3) is 3.24. The molecule has 2 atom stereocenters. The van der Waals surface area contributed by atoms with E-state index in [-0.39, 0.29) is 30.0 Å². The monoisotopic (exact) mass is 319 g/mol. The highest BCUT2D eigenvalue weighted by atomic mass is 19.1. The molecule has 1 fully saturated rings. The summed E-state index contributed by atoms with van der Waals surface area (Å²) in [5.41, 5.74) is -0.00841. The second-order valence-electron chi connectivity index (χ2n) is 5.90. The lowest BCUT2D eigenvalue weighted by molar-refractivity contribution is -0.143. The number of hydrogen-bond acceptors (Lipinski definition) is 4. The van der Waals surface area contributed by atoms with Gasteiger partial charge in [-0.15, -0.1) is 0 Å². The molecule has 122 valence electrons. The Balaban J connectivity index is 1.85. The van der Waals surface area contributed by atoms with Gasteiger partial charge in [0.05, 0.1) is 29.4 Å². The fourth-order valence-electron chi connectivity index (χ4n) is 2.87. The average Bonchev–Trinajstić information content (AvgIpc) is 2.49. The molecule has 23 heavy (non-hydrogen) atoms. The van der Waals surface area contributed by atoms with Crippen LogP contribution in [0, 0.1) is 5.82 Å². The molecule has 3 rings (SSSR count). The van der Waals surface area contributed by atoms with E-state index in [1.807, 2.05) is 13.8 Å². The Morgan fingerprint density at radius 2 is 2.04 bits per heavy atom. The Morgan fingerprint density at radius 3 is 2.74 bits per heavy atom. The summed E-state index contributed by atoms with van der Waals surface area (Å²) < 4.78 is 20.1. The van der Waals surface area contributed by atoms with Crippen molar-refractivity contribution in [2.24, 2.45) is 0 Å². The molecule has 0 bridgehead atoms. The predicted molar refractivity (Wildman–Crippen MR) is 82.6 cm³/mol. The maximum Gasteiger partial charge on any atom is 0.261 e. The smallest absolute Gasteiger partial charge is 0.261 e. The summed E-state index contributed by atoms with van der Waals surface area (Å²) in [7, 11) is 0. The van der Waals surface area contributed by atoms with E-state index in [1.165, 1.54) is 23.0 Å². The first-order chi connectivity index (χ1) is 10.9. The molecule has 0 unspecified atom stereocenters. The molecule has 2 aromatic rings. The minimum Gasteiger partial charge on any atom is -0.372 e. The summed E-state index contributed by atoms with van der Waals surface area (Å²) in [5.74, 6) is -0.678. The first kappa shape index (κ1) is 15.6. The van der Waals surface area contributed by atoms with Gasteiger partial charge in [-0.25, -0.2) is 9.37 Å². The fourth-order valence-corrected chi connectivity index (χ4v) is 2.87. The van der Waals surface area contributed by atoms with Crippen LogP contribution in [0.5, 0.6) is 0 Å². The molecular formula is C16H18FN3O3. The van der Waals surface area contributed by atoms with Crippen LogP contribution in [-0.4, -0.2) is 45.7 Å². The van der Waals surface area contributed by atoms with Gasteiger partial charge in [-0.1, -0.05) is 0 Å². The van der Waals surface area contributed by atoms with Gasteiger partial charge in [-0.2, -0.15) is 0 Å². The molecule has 0 N–H and O–H groups in total. The maximum atomic E-state index is 13.3. The van der Waals surface area contributed by atoms with E-state index in [2.05, 4.69) is 4.98 Å². The van der Waals surface area contributed by atoms with Gasteiger partial charge in [0.15, 0.2) is 0 Å². The summed E-state index contributed by atoms with van der Waals surface area (Å²) in [5, 5.41) is 0.170. The molecule has 1 saturated heterocycles. The van der Waals surface area contributed by atoms with Crippen LogP contribution in [0.2, 0.25) is 0 Å². The molecular weight excluding hydrogens is 301 g/mol. The average molecular weight is 319 g/mol. The van der Waals surface area contributed by atoms with Crippen molar-refractivity contribution in [3.63, 3.8) is 0 Å². The van der Waals surface area contributed by atoms with Crippen molar-refractivity contribution in [1.82, 2.24) is 14.5 Å². The van der Waals surface area contributed by atoms with Crippen molar-refractivity contribution >= 4 is 16.8 Å². The first-order valence-electron chi connectivity index (χ1n) is 7.52. The van der Waals surface area contributed by atoms with Crippen LogP contribution in [0.4, 0.5) is 4.39 Å². The largest absolute Gasteiger partial charge is 0.372 e. The van der Waals surface area contributed by atoms with E-state index in [1.54, 1.807) is 4.90 Å². The number of morpholine rings is 1. The quantitative estimate of drug-likeness (QED) is 0.833. The Kier molecular flexibility index (Phi) is 4.12. The minimum absolute atomic E-state index is 0.0387. The number of rotatable bonds is 2. The summed E-state index contributed by atoms with van der Waals surface area (Å²) in [4.78, 5) is 30.6. The number of amides is 1. The maximum absolute atomic E-state index is 13.3. The number of carbonyl (C=O) groups is 1. The molecule has 1 aliphatic rings. The van der Waals surface area contributed by atoms with E-state index in [0.29, 0.717) is 18.6 Å². The normalized spacial score (nSPS) is 21.6. The third-order valence-corrected chi connectivity index (χ3v) is 3.86. The second kappa shape index (κ2) is 6.08. The van der Waals surface area contributed by atoms with Crippen LogP contribution in [0.3, 0.4) is 0 Å². The summed E-state index contributed by atoms with van der Waals surface area (Å²) in [6.07, 6.45) is 1.25. The lowest BCUT2D eigenvalue weighted by Crippen LogP contribution is -2.49. The highest BCUT2D eigenvalue weighted by Gasteiger charge is 2.26. The molecule has 0 spiro atoms. The highest BCUT2D eigenvalue weighted by molar-refractivity contribution is 5.79. The van der Waals surface area contributed by atoms with Gasteiger partial charge in [-0.3, -0.25) is 14.2 Å². The van der Waals surface area contributed by atoms with E-state index in [0.717, 1.165) is 6.07 Å². The Morgan fingerprint density at radius 1 is 1.35 bits per heavy atom. The van der Waals surface area contributed by atoms with Crippen molar-refractivity contribution in [1.29, 1.82) is 0 Å². The van der Waals surface area contributed by atoms with Crippen molar-refractivity contribution < 1.29 is 13.9 Å². The van der Waals surface area contributed by atoms with Gasteiger partial charge in [0, 0.05) is 13.1 Å². The van der Waals surface area contributed by atoms with Crippen molar-refractivity contribution in [2.45, 2.75) is 32.6 Å². The second-order valence-corrected chi connectivity index (χ2v) is 5.90. The zero-order valence-corrected chi connectivity index (χ0v) is 13.0. The molecule has 1 aromatic carbocycles. The Labute approximate surface area is 132 Å². The van der Waals surface area contributed by atoms with E-state index in [4.69, 9.17) is 4.74 Å². The Bertz CT molecular complexity index is 795. The fraction of sp³-hybridized carbons (Fsp3) is 0.438. The molecule has 6 nitrogen and oxygen atoms in total. The van der Waals surface area contributed by atoms with E-state index >= 15 is 0 Å². The van der Waals surface area contributed by atoms with E-state index < -0.39 is 11.4 Å². The topological polar surface area (TPSA) is 64.4 Å². The van der Waals surface area contributed by atoms with Gasteiger partial charge >= 0.3 is 0 Å². The number of fused-ring (bicyclic) bond motifs is 1. The number of nitrogens with zero attached hydrogens (tertiary/aromatic N) is 3. The van der Waals surface area contributed by atoms with Crippen LogP contribution < -0.4 is 5.56 Å². The van der Waals surface area contributed by atoms with Gasteiger partial charge in [0.25, 0.3) is 5.56 Å². The molecule has 7 heteroatoms. The lowest BCUT2D eigenvalue weighted by Gasteiger charge is -2.35. The number of ether oxygens (including phenoxy) is 1. The van der Waals surface area contributed by atoms with Crippen molar-refractivity contribution in [3.05, 3.63) is 40.7 Å². The van der Waals surface area contributed by atoms with Gasteiger partial charge in [0.2, 0.25) is 5.91 Å². The van der Waals surface area contributed by atoms with Crippen LogP contribution in [0.15, 0.2) is 29.3 Å². The molecule has 1 aromatic heterocycles. The van der Waals surface area contributed by atoms with Crippen LogP contribution in [0.1, 0.15) is 13.8 Å². The van der Waals surface area contributed by atoms with E-state index in [9.17, 15) is 14.0 Å². The lowest BCUT2D eigenvalue weighted by atomic mass is 10.2.